The highest BCUT2D eigenvalue weighted by Crippen LogP contribution is 2.23. The van der Waals surface area contributed by atoms with Crippen LogP contribution in [0.5, 0.6) is 0 Å². The Labute approximate surface area is 121 Å². The van der Waals surface area contributed by atoms with Crippen LogP contribution in [0, 0.1) is 5.82 Å². The molecule has 0 bridgehead atoms. The highest BCUT2D eigenvalue weighted by Gasteiger charge is 2.28. The molecule has 1 aliphatic heterocycles. The fourth-order valence-electron chi connectivity index (χ4n) is 2.16. The van der Waals surface area contributed by atoms with E-state index >= 15 is 0 Å². The molecule has 0 radical (unpaired) electrons. The molecule has 1 aromatic carbocycles. The Bertz CT molecular complexity index is 565. The number of benzene rings is 1. The zero-order chi connectivity index (χ0) is 14.0. The third kappa shape index (κ3) is 3.34. The first-order valence-electron chi connectivity index (χ1n) is 6.11. The lowest BCUT2D eigenvalue weighted by molar-refractivity contribution is 0.348. The van der Waals surface area contributed by atoms with Gasteiger partial charge in [-0.3, -0.25) is 0 Å². The lowest BCUT2D eigenvalue weighted by atomic mass is 10.0. The largest absolute Gasteiger partial charge is 0.313 e. The van der Waals surface area contributed by atoms with Crippen LogP contribution in [0.4, 0.5) is 4.39 Å². The molecule has 1 aromatic rings. The summed E-state index contributed by atoms with van der Waals surface area (Å²) in [6.45, 7) is 2.80. The van der Waals surface area contributed by atoms with Crippen molar-refractivity contribution in [2.75, 3.05) is 6.54 Å². The molecule has 2 unspecified atom stereocenters. The second-order valence-corrected chi connectivity index (χ2v) is 7.20. The Kier molecular flexibility index (Phi) is 4.60. The Hall–Kier alpha value is -0.500. The molecule has 0 aromatic heterocycles. The van der Waals surface area contributed by atoms with Gasteiger partial charge in [-0.05, 0) is 54.4 Å². The van der Waals surface area contributed by atoms with Gasteiger partial charge < -0.3 is 5.32 Å². The Morgan fingerprint density at radius 1 is 1.47 bits per heavy atom. The Morgan fingerprint density at radius 2 is 2.21 bits per heavy atom. The number of halogens is 2. The van der Waals surface area contributed by atoms with E-state index in [4.69, 9.17) is 0 Å². The molecule has 4 nitrogen and oxygen atoms in total. The van der Waals surface area contributed by atoms with Gasteiger partial charge in [0.1, 0.15) is 4.90 Å². The average molecular weight is 351 g/mol. The minimum absolute atomic E-state index is 0.0405. The lowest BCUT2D eigenvalue weighted by Crippen LogP contribution is -2.51. The Morgan fingerprint density at radius 3 is 2.89 bits per heavy atom. The molecule has 2 N–H and O–H groups in total. The average Bonchev–Trinajstić information content (AvgIpc) is 2.35. The number of sulfonamides is 1. The topological polar surface area (TPSA) is 58.2 Å². The third-order valence-electron chi connectivity index (χ3n) is 3.27. The van der Waals surface area contributed by atoms with E-state index in [0.717, 1.165) is 19.4 Å². The molecule has 7 heteroatoms. The van der Waals surface area contributed by atoms with Crippen LogP contribution < -0.4 is 10.0 Å². The first-order valence-corrected chi connectivity index (χ1v) is 8.39. The summed E-state index contributed by atoms with van der Waals surface area (Å²) in [5.74, 6) is -0.758. The van der Waals surface area contributed by atoms with Crippen molar-refractivity contribution in [3.63, 3.8) is 0 Å². The molecule has 0 saturated carbocycles. The maximum Gasteiger partial charge on any atom is 0.243 e. The summed E-state index contributed by atoms with van der Waals surface area (Å²) in [4.78, 5) is -0.320. The fraction of sp³-hybridized carbons (Fsp3) is 0.500. The molecule has 1 heterocycles. The summed E-state index contributed by atoms with van der Waals surface area (Å²) in [5, 5.41) is 3.20. The normalized spacial score (nSPS) is 24.4. The smallest absolute Gasteiger partial charge is 0.243 e. The summed E-state index contributed by atoms with van der Waals surface area (Å²) >= 11 is 3.00. The van der Waals surface area contributed by atoms with Crippen molar-refractivity contribution >= 4 is 26.0 Å². The van der Waals surface area contributed by atoms with Crippen LogP contribution in [0.1, 0.15) is 19.8 Å². The lowest BCUT2D eigenvalue weighted by Gasteiger charge is -2.30. The molecular formula is C12H16BrFN2O2S. The molecular weight excluding hydrogens is 335 g/mol. The monoisotopic (exact) mass is 350 g/mol. The molecule has 1 aliphatic rings. The van der Waals surface area contributed by atoms with Crippen molar-refractivity contribution in [3.8, 4) is 0 Å². The van der Waals surface area contributed by atoms with Crippen LogP contribution in [-0.2, 0) is 10.0 Å². The van der Waals surface area contributed by atoms with Crippen LogP contribution in [0.15, 0.2) is 27.6 Å². The second-order valence-electron chi connectivity index (χ2n) is 4.66. The summed E-state index contributed by atoms with van der Waals surface area (Å²) < 4.78 is 41.0. The third-order valence-corrected chi connectivity index (χ3v) is 5.39. The summed E-state index contributed by atoms with van der Waals surface area (Å²) in [6.07, 6.45) is 1.65. The maximum atomic E-state index is 13.9. The fourth-order valence-corrected chi connectivity index (χ4v) is 4.11. The predicted molar refractivity (Wildman–Crippen MR) is 74.9 cm³/mol. The van der Waals surface area contributed by atoms with Gasteiger partial charge in [0.05, 0.1) is 4.47 Å². The van der Waals surface area contributed by atoms with E-state index in [1.807, 2.05) is 6.92 Å². The van der Waals surface area contributed by atoms with Gasteiger partial charge in [-0.25, -0.2) is 17.5 Å². The summed E-state index contributed by atoms with van der Waals surface area (Å²) in [7, 11) is -3.84. The molecule has 2 rings (SSSR count). The van der Waals surface area contributed by atoms with Crippen LogP contribution in [0.25, 0.3) is 0 Å². The molecule has 0 amide bonds. The quantitative estimate of drug-likeness (QED) is 0.876. The van der Waals surface area contributed by atoms with E-state index in [1.165, 1.54) is 18.2 Å². The molecule has 0 spiro atoms. The molecule has 1 saturated heterocycles. The van der Waals surface area contributed by atoms with Crippen LogP contribution in [0.3, 0.4) is 0 Å². The molecule has 0 aliphatic carbocycles. The zero-order valence-corrected chi connectivity index (χ0v) is 12.9. The maximum absolute atomic E-state index is 13.9. The van der Waals surface area contributed by atoms with Crippen LogP contribution in [0.2, 0.25) is 0 Å². The van der Waals surface area contributed by atoms with Crippen molar-refractivity contribution in [2.24, 2.45) is 0 Å². The standard InChI is InChI=1S/C12H16BrFN2O2S/c1-8-10(5-3-7-15-8)16-19(17,18)11-6-2-4-9(13)12(11)14/h2,4,6,8,10,15-16H,3,5,7H2,1H3. The van der Waals surface area contributed by atoms with Gasteiger partial charge in [0.15, 0.2) is 5.82 Å². The first kappa shape index (κ1) is 14.9. The van der Waals surface area contributed by atoms with Gasteiger partial charge in [-0.1, -0.05) is 6.07 Å². The zero-order valence-electron chi connectivity index (χ0n) is 10.5. The number of rotatable bonds is 3. The van der Waals surface area contributed by atoms with Gasteiger partial charge in [0.25, 0.3) is 0 Å². The van der Waals surface area contributed by atoms with Crippen molar-refractivity contribution in [1.82, 2.24) is 10.0 Å². The number of nitrogens with one attached hydrogen (secondary N) is 2. The first-order chi connectivity index (χ1) is 8.92. The van der Waals surface area contributed by atoms with Gasteiger partial charge in [-0.15, -0.1) is 0 Å². The molecule has 19 heavy (non-hydrogen) atoms. The molecule has 1 fully saturated rings. The van der Waals surface area contributed by atoms with Crippen LogP contribution in [-0.4, -0.2) is 27.0 Å². The number of hydrogen-bond acceptors (Lipinski definition) is 3. The Balaban J connectivity index is 2.25. The van der Waals surface area contributed by atoms with E-state index in [2.05, 4.69) is 26.0 Å². The van der Waals surface area contributed by atoms with Gasteiger partial charge >= 0.3 is 0 Å². The predicted octanol–water partition coefficient (Wildman–Crippen LogP) is 2.01. The van der Waals surface area contributed by atoms with Gasteiger partial charge in [0.2, 0.25) is 10.0 Å². The van der Waals surface area contributed by atoms with Crippen molar-refractivity contribution in [2.45, 2.75) is 36.7 Å². The van der Waals surface area contributed by atoms with Crippen molar-refractivity contribution < 1.29 is 12.8 Å². The number of piperidine rings is 1. The van der Waals surface area contributed by atoms with E-state index < -0.39 is 15.8 Å². The molecule has 2 atom stereocenters. The van der Waals surface area contributed by atoms with Gasteiger partial charge in [0, 0.05) is 12.1 Å². The van der Waals surface area contributed by atoms with E-state index in [0.29, 0.717) is 0 Å². The highest BCUT2D eigenvalue weighted by atomic mass is 79.9. The highest BCUT2D eigenvalue weighted by molar-refractivity contribution is 9.10. The van der Waals surface area contributed by atoms with E-state index in [-0.39, 0.29) is 21.5 Å². The second kappa shape index (κ2) is 5.87. The SMILES string of the molecule is CC1NCCCC1NS(=O)(=O)c1cccc(Br)c1F. The van der Waals surface area contributed by atoms with E-state index in [1.54, 1.807) is 0 Å². The minimum Gasteiger partial charge on any atom is -0.313 e. The van der Waals surface area contributed by atoms with Gasteiger partial charge in [-0.2, -0.15) is 0 Å². The molecule has 106 valence electrons. The van der Waals surface area contributed by atoms with Crippen molar-refractivity contribution in [3.05, 3.63) is 28.5 Å². The van der Waals surface area contributed by atoms with Crippen LogP contribution >= 0.6 is 15.9 Å². The number of hydrogen-bond donors (Lipinski definition) is 2. The minimum atomic E-state index is -3.84. The summed E-state index contributed by atoms with van der Waals surface area (Å²) in [6, 6.07) is 4.07. The van der Waals surface area contributed by atoms with E-state index in [9.17, 15) is 12.8 Å². The summed E-state index contributed by atoms with van der Waals surface area (Å²) in [5.41, 5.74) is 0. The van der Waals surface area contributed by atoms with Crippen molar-refractivity contribution in [1.29, 1.82) is 0 Å².